The van der Waals surface area contributed by atoms with E-state index in [0.29, 0.717) is 0 Å². The van der Waals surface area contributed by atoms with Crippen molar-refractivity contribution < 1.29 is 0 Å². The number of hydrogen-bond donors (Lipinski definition) is 2. The minimum Gasteiger partial charge on any atom is -0.348 e. The highest BCUT2D eigenvalue weighted by atomic mass is 35.5. The number of imidazole rings is 1. The molecule has 29 heavy (non-hydrogen) atoms. The van der Waals surface area contributed by atoms with E-state index in [0.717, 1.165) is 56.5 Å². The van der Waals surface area contributed by atoms with Crippen LogP contribution in [0.4, 0.5) is 0 Å². The van der Waals surface area contributed by atoms with E-state index >= 15 is 0 Å². The molecule has 0 aliphatic heterocycles. The monoisotopic (exact) mass is 408 g/mol. The first-order valence-corrected chi connectivity index (χ1v) is 11.1. The number of hydrogen-bond acceptors (Lipinski definition) is 3. The number of nitrogens with zero attached hydrogens (tertiary/aromatic N) is 2. The molecule has 0 amide bonds. The highest BCUT2D eigenvalue weighted by Crippen LogP contribution is 2.33. The van der Waals surface area contributed by atoms with Crippen molar-refractivity contribution in [3.63, 3.8) is 0 Å². The molecule has 0 saturated carbocycles. The lowest BCUT2D eigenvalue weighted by molar-refractivity contribution is 0.556. The zero-order chi connectivity index (χ0) is 20.1. The van der Waals surface area contributed by atoms with Crippen LogP contribution >= 0.6 is 11.6 Å². The fraction of sp³-hybridized carbons (Fsp3) is 0.417. The minimum atomic E-state index is 0.127. The summed E-state index contributed by atoms with van der Waals surface area (Å²) in [5.74, 6) is 0. The Balaban J connectivity index is 1.52. The van der Waals surface area contributed by atoms with Crippen LogP contribution in [-0.2, 0) is 25.7 Å². The third kappa shape index (κ3) is 4.88. The average molecular weight is 409 g/mol. The van der Waals surface area contributed by atoms with Crippen molar-refractivity contribution in [2.24, 2.45) is 0 Å². The molecule has 4 nitrogen and oxygen atoms in total. The van der Waals surface area contributed by atoms with E-state index < -0.39 is 0 Å². The van der Waals surface area contributed by atoms with Crippen LogP contribution in [-0.4, -0.2) is 21.5 Å². The van der Waals surface area contributed by atoms with Crippen molar-refractivity contribution >= 4 is 11.6 Å². The molecule has 0 bridgehead atoms. The molecule has 5 heteroatoms. The smallest absolute Gasteiger partial charge is 0.0921 e. The zero-order valence-electron chi connectivity index (χ0n) is 17.0. The molecule has 1 aliphatic rings. The summed E-state index contributed by atoms with van der Waals surface area (Å²) in [7, 11) is 0. The van der Waals surface area contributed by atoms with Crippen molar-refractivity contribution in [2.75, 3.05) is 6.54 Å². The van der Waals surface area contributed by atoms with E-state index in [1.54, 1.807) is 6.33 Å². The van der Waals surface area contributed by atoms with Crippen molar-refractivity contribution in [1.82, 2.24) is 20.3 Å². The van der Waals surface area contributed by atoms with Crippen LogP contribution in [0.15, 0.2) is 43.0 Å². The number of H-pyrrole nitrogens is 1. The normalized spacial score (nSPS) is 15.6. The van der Waals surface area contributed by atoms with Crippen LogP contribution in [0, 0.1) is 0 Å². The second-order valence-electron chi connectivity index (χ2n) is 7.90. The number of fused-ring (bicyclic) bond motifs is 2. The maximum absolute atomic E-state index is 6.31. The summed E-state index contributed by atoms with van der Waals surface area (Å²) < 4.78 is 0. The highest BCUT2D eigenvalue weighted by Gasteiger charge is 2.25. The molecule has 1 aromatic carbocycles. The molecule has 0 fully saturated rings. The van der Waals surface area contributed by atoms with Gasteiger partial charge < -0.3 is 10.3 Å². The quantitative estimate of drug-likeness (QED) is 0.503. The zero-order valence-corrected chi connectivity index (χ0v) is 17.8. The van der Waals surface area contributed by atoms with Crippen molar-refractivity contribution in [1.29, 1.82) is 0 Å². The minimum absolute atomic E-state index is 0.127. The Kier molecular flexibility index (Phi) is 6.63. The van der Waals surface area contributed by atoms with Gasteiger partial charge in [0.05, 0.1) is 18.1 Å². The maximum atomic E-state index is 6.31. The molecule has 2 N–H and O–H groups in total. The summed E-state index contributed by atoms with van der Waals surface area (Å²) in [5.41, 5.74) is 7.75. The van der Waals surface area contributed by atoms with E-state index in [1.807, 2.05) is 12.3 Å². The number of nitrogens with one attached hydrogen (secondary N) is 2. The largest absolute Gasteiger partial charge is 0.348 e. The molecular formula is C24H29ClN4. The maximum Gasteiger partial charge on any atom is 0.0921 e. The summed E-state index contributed by atoms with van der Waals surface area (Å²) in [6.07, 6.45) is 13.3. The SMILES string of the molecule is CCCc1cnc2c(c1)CCc1cc(Cl)ccc1C2NCCCCc1cnc[nH]1. The summed E-state index contributed by atoms with van der Waals surface area (Å²) in [5, 5.41) is 4.61. The molecular weight excluding hydrogens is 380 g/mol. The molecule has 1 aliphatic carbocycles. The Bertz CT molecular complexity index is 936. The van der Waals surface area contributed by atoms with Crippen molar-refractivity contribution in [3.8, 4) is 0 Å². The van der Waals surface area contributed by atoms with Crippen LogP contribution < -0.4 is 5.32 Å². The predicted molar refractivity (Wildman–Crippen MR) is 118 cm³/mol. The Labute approximate surface area is 178 Å². The molecule has 0 saturated heterocycles. The van der Waals surface area contributed by atoms with Crippen LogP contribution in [0.5, 0.6) is 0 Å². The van der Waals surface area contributed by atoms with Gasteiger partial charge in [0.2, 0.25) is 0 Å². The molecule has 2 aromatic heterocycles. The Hall–Kier alpha value is -2.17. The number of aromatic amines is 1. The third-order valence-electron chi connectivity index (χ3n) is 5.73. The summed E-state index contributed by atoms with van der Waals surface area (Å²) in [6, 6.07) is 8.80. The standard InChI is InChI=1S/C24H29ClN4/c1-2-5-17-12-19-8-7-18-13-20(25)9-10-22(18)24(23(19)28-14-17)27-11-4-3-6-21-15-26-16-29-21/h9-10,12-16,24,27H,2-8,11H2,1H3,(H,26,29). The third-order valence-corrected chi connectivity index (χ3v) is 5.96. The van der Waals surface area contributed by atoms with E-state index in [2.05, 4.69) is 46.6 Å². The van der Waals surface area contributed by atoms with Gasteiger partial charge in [-0.25, -0.2) is 4.98 Å². The molecule has 0 spiro atoms. The van der Waals surface area contributed by atoms with Gasteiger partial charge in [-0.15, -0.1) is 0 Å². The van der Waals surface area contributed by atoms with Crippen LogP contribution in [0.1, 0.15) is 65.9 Å². The van der Waals surface area contributed by atoms with Gasteiger partial charge in [0.1, 0.15) is 0 Å². The second kappa shape index (κ2) is 9.55. The fourth-order valence-electron chi connectivity index (χ4n) is 4.26. The van der Waals surface area contributed by atoms with Gasteiger partial charge in [0, 0.05) is 23.1 Å². The van der Waals surface area contributed by atoms with Crippen LogP contribution in [0.2, 0.25) is 5.02 Å². The Morgan fingerprint density at radius 3 is 2.83 bits per heavy atom. The topological polar surface area (TPSA) is 53.6 Å². The first-order chi connectivity index (χ1) is 14.2. The molecule has 3 aromatic rings. The van der Waals surface area contributed by atoms with Gasteiger partial charge in [-0.05, 0) is 79.5 Å². The molecule has 0 radical (unpaired) electrons. The Morgan fingerprint density at radius 2 is 2.00 bits per heavy atom. The molecule has 1 atom stereocenters. The fourth-order valence-corrected chi connectivity index (χ4v) is 4.45. The number of pyridine rings is 1. The van der Waals surface area contributed by atoms with Gasteiger partial charge in [0.25, 0.3) is 0 Å². The first kappa shape index (κ1) is 20.1. The number of unbranched alkanes of at least 4 members (excludes halogenated alkanes) is 1. The number of rotatable bonds is 8. The highest BCUT2D eigenvalue weighted by molar-refractivity contribution is 6.30. The van der Waals surface area contributed by atoms with E-state index in [9.17, 15) is 0 Å². The van der Waals surface area contributed by atoms with Gasteiger partial charge >= 0.3 is 0 Å². The number of benzene rings is 1. The van der Waals surface area contributed by atoms with Gasteiger partial charge in [0.15, 0.2) is 0 Å². The summed E-state index contributed by atoms with van der Waals surface area (Å²) >= 11 is 6.31. The lowest BCUT2D eigenvalue weighted by Crippen LogP contribution is -2.25. The lowest BCUT2D eigenvalue weighted by Gasteiger charge is -2.21. The van der Waals surface area contributed by atoms with Crippen molar-refractivity contribution in [3.05, 3.63) is 81.7 Å². The molecule has 2 heterocycles. The van der Waals surface area contributed by atoms with Gasteiger partial charge in [-0.3, -0.25) is 4.98 Å². The van der Waals surface area contributed by atoms with Crippen LogP contribution in [0.3, 0.4) is 0 Å². The molecule has 4 rings (SSSR count). The lowest BCUT2D eigenvalue weighted by atomic mass is 9.97. The van der Waals surface area contributed by atoms with Crippen LogP contribution in [0.25, 0.3) is 0 Å². The van der Waals surface area contributed by atoms with Crippen molar-refractivity contribution in [2.45, 2.75) is 57.9 Å². The first-order valence-electron chi connectivity index (χ1n) is 10.7. The summed E-state index contributed by atoms with van der Waals surface area (Å²) in [6.45, 7) is 3.18. The predicted octanol–water partition coefficient (Wildman–Crippen LogP) is 5.21. The van der Waals surface area contributed by atoms with Gasteiger partial charge in [-0.1, -0.05) is 37.1 Å². The number of halogens is 1. The number of aryl methyl sites for hydroxylation is 4. The molecule has 152 valence electrons. The van der Waals surface area contributed by atoms with E-state index in [4.69, 9.17) is 16.6 Å². The summed E-state index contributed by atoms with van der Waals surface area (Å²) in [4.78, 5) is 12.2. The second-order valence-corrected chi connectivity index (χ2v) is 8.34. The van der Waals surface area contributed by atoms with E-state index in [-0.39, 0.29) is 6.04 Å². The molecule has 1 unspecified atom stereocenters. The van der Waals surface area contributed by atoms with Gasteiger partial charge in [-0.2, -0.15) is 0 Å². The van der Waals surface area contributed by atoms with E-state index in [1.165, 1.54) is 33.6 Å². The number of aromatic nitrogens is 3. The average Bonchev–Trinajstić information content (AvgIpc) is 3.19. The Morgan fingerprint density at radius 1 is 1.10 bits per heavy atom.